The quantitative estimate of drug-likeness (QED) is 0.587. The van der Waals surface area contributed by atoms with Gasteiger partial charge in [0.05, 0.1) is 25.0 Å². The number of nitrogens with zero attached hydrogens (tertiary/aromatic N) is 2. The Hall–Kier alpha value is -1.95. The molecule has 25 heavy (non-hydrogen) atoms. The molecule has 0 aliphatic carbocycles. The fourth-order valence-electron chi connectivity index (χ4n) is 2.46. The van der Waals surface area contributed by atoms with Crippen LogP contribution in [0.25, 0.3) is 11.3 Å². The summed E-state index contributed by atoms with van der Waals surface area (Å²) in [5.41, 5.74) is 0.937. The van der Waals surface area contributed by atoms with E-state index in [0.717, 1.165) is 36.6 Å². The molecule has 0 spiro atoms. The Morgan fingerprint density at radius 2 is 2.16 bits per heavy atom. The Balaban J connectivity index is 0.00000225. The summed E-state index contributed by atoms with van der Waals surface area (Å²) in [7, 11) is 1.60. The zero-order valence-electron chi connectivity index (χ0n) is 13.9. The van der Waals surface area contributed by atoms with Crippen LogP contribution < -0.4 is 10.1 Å². The van der Waals surface area contributed by atoms with Gasteiger partial charge in [0.2, 0.25) is 0 Å². The van der Waals surface area contributed by atoms with Crippen molar-refractivity contribution in [2.24, 2.45) is 0 Å². The highest BCUT2D eigenvalue weighted by Gasteiger charge is 2.08. The van der Waals surface area contributed by atoms with Gasteiger partial charge in [0, 0.05) is 24.5 Å². The highest BCUT2D eigenvalue weighted by molar-refractivity contribution is 6.32. The zero-order valence-corrected chi connectivity index (χ0v) is 15.5. The minimum Gasteiger partial charge on any atom is -0.495 e. The van der Waals surface area contributed by atoms with Crippen molar-refractivity contribution in [2.75, 3.05) is 13.7 Å². The van der Waals surface area contributed by atoms with Gasteiger partial charge in [-0.3, -0.25) is 0 Å². The summed E-state index contributed by atoms with van der Waals surface area (Å²) in [6, 6.07) is 9.57. The molecule has 0 fully saturated rings. The van der Waals surface area contributed by atoms with Crippen molar-refractivity contribution in [3.8, 4) is 17.1 Å². The summed E-state index contributed by atoms with van der Waals surface area (Å²) >= 11 is 6.16. The van der Waals surface area contributed by atoms with Crippen LogP contribution in [0.4, 0.5) is 0 Å². The molecule has 0 bridgehead atoms. The van der Waals surface area contributed by atoms with Crippen molar-refractivity contribution in [1.82, 2.24) is 14.9 Å². The van der Waals surface area contributed by atoms with Crippen molar-refractivity contribution in [3.05, 3.63) is 59.8 Å². The molecule has 0 aliphatic rings. The molecule has 0 saturated heterocycles. The number of benzene rings is 1. The van der Waals surface area contributed by atoms with Crippen molar-refractivity contribution >= 4 is 24.0 Å². The SMILES string of the molecule is COc1ccc(-c2ccc(CNCCCn3ccnc3)o2)cc1Cl.Cl. The molecule has 3 rings (SSSR count). The molecular formula is C18H21Cl2N3O2. The molecule has 5 nitrogen and oxygen atoms in total. The number of halogens is 2. The minimum absolute atomic E-state index is 0. The maximum absolute atomic E-state index is 6.16. The van der Waals surface area contributed by atoms with Crippen LogP contribution in [0.1, 0.15) is 12.2 Å². The standard InChI is InChI=1S/C18H20ClN3O2.ClH/c1-23-18-5-3-14(11-16(18)19)17-6-4-15(24-17)12-20-7-2-9-22-10-8-21-13-22;/h3-6,8,10-11,13,20H,2,7,9,12H2,1H3;1H. The average molecular weight is 382 g/mol. The van der Waals surface area contributed by atoms with Crippen LogP contribution in [0.2, 0.25) is 5.02 Å². The lowest BCUT2D eigenvalue weighted by Gasteiger charge is -2.05. The number of methoxy groups -OCH3 is 1. The molecule has 7 heteroatoms. The number of hydrogen-bond donors (Lipinski definition) is 1. The van der Waals surface area contributed by atoms with Crippen LogP contribution in [0.3, 0.4) is 0 Å². The molecular weight excluding hydrogens is 361 g/mol. The second-order valence-electron chi connectivity index (χ2n) is 5.45. The average Bonchev–Trinajstić information content (AvgIpc) is 3.26. The third-order valence-corrected chi connectivity index (χ3v) is 4.02. The van der Waals surface area contributed by atoms with Gasteiger partial charge >= 0.3 is 0 Å². The lowest BCUT2D eigenvalue weighted by atomic mass is 10.2. The van der Waals surface area contributed by atoms with Gasteiger partial charge in [-0.15, -0.1) is 12.4 Å². The summed E-state index contributed by atoms with van der Waals surface area (Å²) in [5, 5.41) is 3.96. The van der Waals surface area contributed by atoms with E-state index in [1.807, 2.05) is 42.9 Å². The lowest BCUT2D eigenvalue weighted by molar-refractivity contribution is 0.415. The molecule has 2 heterocycles. The Labute approximate surface area is 158 Å². The summed E-state index contributed by atoms with van der Waals surface area (Å²) in [4.78, 5) is 4.03. The van der Waals surface area contributed by atoms with E-state index in [0.29, 0.717) is 17.3 Å². The maximum Gasteiger partial charge on any atom is 0.137 e. The van der Waals surface area contributed by atoms with Gasteiger partial charge in [0.15, 0.2) is 0 Å². The molecule has 0 aliphatic heterocycles. The normalized spacial score (nSPS) is 10.5. The maximum atomic E-state index is 6.16. The van der Waals surface area contributed by atoms with Crippen LogP contribution in [0.15, 0.2) is 53.5 Å². The Kier molecular flexibility index (Phi) is 7.37. The van der Waals surface area contributed by atoms with Crippen LogP contribution in [-0.4, -0.2) is 23.2 Å². The number of ether oxygens (including phenoxy) is 1. The van der Waals surface area contributed by atoms with Gasteiger partial charge in [-0.1, -0.05) is 11.6 Å². The highest BCUT2D eigenvalue weighted by Crippen LogP contribution is 2.31. The van der Waals surface area contributed by atoms with Crippen molar-refractivity contribution < 1.29 is 9.15 Å². The summed E-state index contributed by atoms with van der Waals surface area (Å²) in [6.07, 6.45) is 6.64. The van der Waals surface area contributed by atoms with E-state index in [9.17, 15) is 0 Å². The molecule has 0 unspecified atom stereocenters. The first-order chi connectivity index (χ1) is 11.8. The first-order valence-electron chi connectivity index (χ1n) is 7.85. The van der Waals surface area contributed by atoms with Gasteiger partial charge in [-0.05, 0) is 43.3 Å². The monoisotopic (exact) mass is 381 g/mol. The predicted octanol–water partition coefficient (Wildman–Crippen LogP) is 4.41. The number of aryl methyl sites for hydroxylation is 1. The van der Waals surface area contributed by atoms with Crippen LogP contribution in [0, 0.1) is 0 Å². The number of aromatic nitrogens is 2. The fourth-order valence-corrected chi connectivity index (χ4v) is 2.72. The van der Waals surface area contributed by atoms with Gasteiger partial charge in [-0.25, -0.2) is 4.98 Å². The molecule has 1 N–H and O–H groups in total. The summed E-state index contributed by atoms with van der Waals surface area (Å²) in [6.45, 7) is 2.58. The first kappa shape index (κ1) is 19.4. The molecule has 3 aromatic rings. The second kappa shape index (κ2) is 9.51. The van der Waals surface area contributed by atoms with Gasteiger partial charge in [0.1, 0.15) is 17.3 Å². The number of hydrogen-bond acceptors (Lipinski definition) is 4. The number of rotatable bonds is 8. The molecule has 0 amide bonds. The van der Waals surface area contributed by atoms with Crippen molar-refractivity contribution in [3.63, 3.8) is 0 Å². The van der Waals surface area contributed by atoms with Gasteiger partial charge < -0.3 is 19.0 Å². The third-order valence-electron chi connectivity index (χ3n) is 3.73. The Morgan fingerprint density at radius 3 is 2.88 bits per heavy atom. The smallest absolute Gasteiger partial charge is 0.137 e. The number of imidazole rings is 1. The van der Waals surface area contributed by atoms with Crippen molar-refractivity contribution in [1.29, 1.82) is 0 Å². The number of furan rings is 1. The van der Waals surface area contributed by atoms with E-state index in [-0.39, 0.29) is 12.4 Å². The third kappa shape index (κ3) is 5.26. The van der Waals surface area contributed by atoms with E-state index in [2.05, 4.69) is 14.9 Å². The fraction of sp³-hybridized carbons (Fsp3) is 0.278. The molecule has 0 radical (unpaired) electrons. The largest absolute Gasteiger partial charge is 0.495 e. The van der Waals surface area contributed by atoms with Crippen LogP contribution >= 0.6 is 24.0 Å². The topological polar surface area (TPSA) is 52.2 Å². The molecule has 0 saturated carbocycles. The highest BCUT2D eigenvalue weighted by atomic mass is 35.5. The minimum atomic E-state index is 0. The number of nitrogens with one attached hydrogen (secondary N) is 1. The molecule has 1 aromatic carbocycles. The summed E-state index contributed by atoms with van der Waals surface area (Å²) in [5.74, 6) is 2.36. The van der Waals surface area contributed by atoms with E-state index >= 15 is 0 Å². The molecule has 0 atom stereocenters. The van der Waals surface area contributed by atoms with Gasteiger partial charge in [0.25, 0.3) is 0 Å². The van der Waals surface area contributed by atoms with E-state index in [4.69, 9.17) is 20.8 Å². The van der Waals surface area contributed by atoms with E-state index in [1.54, 1.807) is 13.3 Å². The van der Waals surface area contributed by atoms with Crippen LogP contribution in [0.5, 0.6) is 5.75 Å². The Morgan fingerprint density at radius 1 is 1.28 bits per heavy atom. The lowest BCUT2D eigenvalue weighted by Crippen LogP contribution is -2.15. The molecule has 2 aromatic heterocycles. The Bertz CT molecular complexity index is 772. The zero-order chi connectivity index (χ0) is 16.8. The van der Waals surface area contributed by atoms with Gasteiger partial charge in [-0.2, -0.15) is 0 Å². The van der Waals surface area contributed by atoms with E-state index in [1.165, 1.54) is 0 Å². The van der Waals surface area contributed by atoms with Crippen molar-refractivity contribution in [2.45, 2.75) is 19.5 Å². The predicted molar refractivity (Wildman–Crippen MR) is 102 cm³/mol. The van der Waals surface area contributed by atoms with Crippen LogP contribution in [-0.2, 0) is 13.1 Å². The molecule has 134 valence electrons. The second-order valence-corrected chi connectivity index (χ2v) is 5.85. The van der Waals surface area contributed by atoms with E-state index < -0.39 is 0 Å². The first-order valence-corrected chi connectivity index (χ1v) is 8.23. The summed E-state index contributed by atoms with van der Waals surface area (Å²) < 4.78 is 13.1.